The molecule has 19 heavy (non-hydrogen) atoms. The molecule has 100 valence electrons. The molecular formula is C14H15ClN2OS. The number of rotatable bonds is 4. The van der Waals surface area contributed by atoms with E-state index in [0.29, 0.717) is 18.5 Å². The van der Waals surface area contributed by atoms with Gasteiger partial charge in [-0.15, -0.1) is 11.3 Å². The molecular weight excluding hydrogens is 280 g/mol. The van der Waals surface area contributed by atoms with Crippen LogP contribution in [0.2, 0.25) is 4.34 Å². The molecule has 0 fully saturated rings. The van der Waals surface area contributed by atoms with E-state index in [2.05, 4.69) is 16.4 Å². The zero-order chi connectivity index (χ0) is 13.2. The van der Waals surface area contributed by atoms with Crippen molar-refractivity contribution in [2.45, 2.75) is 25.8 Å². The Labute approximate surface area is 121 Å². The Bertz CT molecular complexity index is 567. The molecule has 5 heteroatoms. The van der Waals surface area contributed by atoms with Crippen LogP contribution in [0.3, 0.4) is 0 Å². The molecule has 1 unspecified atom stereocenters. The third-order valence-electron chi connectivity index (χ3n) is 3.22. The molecule has 1 aliphatic rings. The fraction of sp³-hybridized carbons (Fsp3) is 0.357. The summed E-state index contributed by atoms with van der Waals surface area (Å²) < 4.78 is 6.21. The monoisotopic (exact) mass is 294 g/mol. The van der Waals surface area contributed by atoms with Gasteiger partial charge in [0.2, 0.25) is 5.88 Å². The highest BCUT2D eigenvalue weighted by molar-refractivity contribution is 7.16. The molecule has 1 atom stereocenters. The van der Waals surface area contributed by atoms with Crippen LogP contribution in [0, 0.1) is 0 Å². The molecule has 0 spiro atoms. The first-order valence-electron chi connectivity index (χ1n) is 6.39. The highest BCUT2D eigenvalue weighted by Crippen LogP contribution is 2.40. The first-order chi connectivity index (χ1) is 9.26. The topological polar surface area (TPSA) is 34.1 Å². The van der Waals surface area contributed by atoms with Crippen LogP contribution in [0.15, 0.2) is 24.4 Å². The van der Waals surface area contributed by atoms with Gasteiger partial charge < -0.3 is 10.1 Å². The van der Waals surface area contributed by atoms with Crippen LogP contribution in [-0.4, -0.2) is 11.6 Å². The summed E-state index contributed by atoms with van der Waals surface area (Å²) in [5.74, 6) is 0.665. The number of pyridine rings is 1. The summed E-state index contributed by atoms with van der Waals surface area (Å²) in [7, 11) is 0. The van der Waals surface area contributed by atoms with Gasteiger partial charge in [-0.3, -0.25) is 0 Å². The highest BCUT2D eigenvalue weighted by atomic mass is 35.5. The summed E-state index contributed by atoms with van der Waals surface area (Å²) in [6.45, 7) is 2.59. The molecule has 2 aromatic heterocycles. The number of ether oxygens (including phenoxy) is 1. The van der Waals surface area contributed by atoms with Gasteiger partial charge in [-0.25, -0.2) is 4.98 Å². The van der Waals surface area contributed by atoms with Crippen molar-refractivity contribution in [3.63, 3.8) is 0 Å². The number of nitrogens with zero attached hydrogens (tertiary/aromatic N) is 1. The fourth-order valence-corrected chi connectivity index (χ4v) is 3.74. The van der Waals surface area contributed by atoms with Crippen LogP contribution in [-0.2, 0) is 6.42 Å². The van der Waals surface area contributed by atoms with E-state index in [1.54, 1.807) is 11.3 Å². The normalized spacial score (nSPS) is 17.3. The van der Waals surface area contributed by atoms with E-state index in [4.69, 9.17) is 16.3 Å². The Hall–Kier alpha value is -1.26. The zero-order valence-corrected chi connectivity index (χ0v) is 12.2. The van der Waals surface area contributed by atoms with Crippen molar-refractivity contribution in [3.8, 4) is 5.88 Å². The highest BCUT2D eigenvalue weighted by Gasteiger charge is 2.24. The Morgan fingerprint density at radius 2 is 2.42 bits per heavy atom. The standard InChI is InChI=1S/C14H15ClN2OS/c1-2-18-14-6-3-9(8-16-14)17-11-4-5-12-10(11)7-13(15)19-12/h3,6-8,11,17H,2,4-5H2,1H3. The second-order valence-corrected chi connectivity index (χ2v) is 6.25. The SMILES string of the molecule is CCOc1ccc(NC2CCc3sc(Cl)cc32)cn1. The smallest absolute Gasteiger partial charge is 0.213 e. The van der Waals surface area contributed by atoms with Crippen LogP contribution >= 0.6 is 22.9 Å². The maximum Gasteiger partial charge on any atom is 0.213 e. The van der Waals surface area contributed by atoms with Crippen LogP contribution < -0.4 is 10.1 Å². The largest absolute Gasteiger partial charge is 0.478 e. The molecule has 2 heterocycles. The van der Waals surface area contributed by atoms with Gasteiger partial charge in [-0.2, -0.15) is 0 Å². The number of halogens is 1. The number of aryl methyl sites for hydroxylation is 1. The average Bonchev–Trinajstić information content (AvgIpc) is 2.93. The predicted molar refractivity (Wildman–Crippen MR) is 79.4 cm³/mol. The number of hydrogen-bond donors (Lipinski definition) is 1. The van der Waals surface area contributed by atoms with E-state index >= 15 is 0 Å². The van der Waals surface area contributed by atoms with Crippen molar-refractivity contribution in [2.24, 2.45) is 0 Å². The molecule has 0 saturated carbocycles. The number of anilines is 1. The predicted octanol–water partition coefficient (Wildman–Crippen LogP) is 4.29. The van der Waals surface area contributed by atoms with E-state index in [1.807, 2.05) is 25.3 Å². The average molecular weight is 295 g/mol. The molecule has 3 nitrogen and oxygen atoms in total. The second kappa shape index (κ2) is 5.39. The lowest BCUT2D eigenvalue weighted by Crippen LogP contribution is -2.07. The first-order valence-corrected chi connectivity index (χ1v) is 7.59. The van der Waals surface area contributed by atoms with Gasteiger partial charge >= 0.3 is 0 Å². The van der Waals surface area contributed by atoms with Crippen molar-refractivity contribution < 1.29 is 4.74 Å². The lowest BCUT2D eigenvalue weighted by molar-refractivity contribution is 0.327. The number of thiophene rings is 1. The zero-order valence-electron chi connectivity index (χ0n) is 10.6. The summed E-state index contributed by atoms with van der Waals surface area (Å²) in [5, 5.41) is 3.51. The second-order valence-electron chi connectivity index (χ2n) is 4.48. The first kappa shape index (κ1) is 12.8. The lowest BCUT2D eigenvalue weighted by Gasteiger charge is -2.14. The maximum atomic E-state index is 6.06. The van der Waals surface area contributed by atoms with Gasteiger partial charge in [0.25, 0.3) is 0 Å². The molecule has 1 aliphatic carbocycles. The van der Waals surface area contributed by atoms with Crippen LogP contribution in [0.5, 0.6) is 5.88 Å². The summed E-state index contributed by atoms with van der Waals surface area (Å²) >= 11 is 7.75. The number of hydrogen-bond acceptors (Lipinski definition) is 4. The van der Waals surface area contributed by atoms with Gasteiger partial charge in [0.15, 0.2) is 0 Å². The van der Waals surface area contributed by atoms with E-state index < -0.39 is 0 Å². The Morgan fingerprint density at radius 3 is 3.16 bits per heavy atom. The third-order valence-corrected chi connectivity index (χ3v) is 4.56. The summed E-state index contributed by atoms with van der Waals surface area (Å²) in [4.78, 5) is 5.67. The molecule has 0 radical (unpaired) electrons. The molecule has 1 N–H and O–H groups in total. The quantitative estimate of drug-likeness (QED) is 0.913. The van der Waals surface area contributed by atoms with Crippen molar-refractivity contribution >= 4 is 28.6 Å². The van der Waals surface area contributed by atoms with Gasteiger partial charge in [0, 0.05) is 10.9 Å². The molecule has 0 amide bonds. The molecule has 0 saturated heterocycles. The van der Waals surface area contributed by atoms with Crippen molar-refractivity contribution in [1.82, 2.24) is 4.98 Å². The van der Waals surface area contributed by atoms with E-state index in [9.17, 15) is 0 Å². The van der Waals surface area contributed by atoms with Crippen LogP contribution in [0.1, 0.15) is 29.8 Å². The van der Waals surface area contributed by atoms with E-state index in [0.717, 1.165) is 22.9 Å². The molecule has 0 bridgehead atoms. The minimum Gasteiger partial charge on any atom is -0.478 e. The molecule has 0 aliphatic heterocycles. The maximum absolute atomic E-state index is 6.06. The van der Waals surface area contributed by atoms with Gasteiger partial charge in [0.1, 0.15) is 0 Å². The number of fused-ring (bicyclic) bond motifs is 1. The van der Waals surface area contributed by atoms with Gasteiger partial charge in [-0.05, 0) is 37.5 Å². The van der Waals surface area contributed by atoms with Crippen LogP contribution in [0.25, 0.3) is 0 Å². The Morgan fingerprint density at radius 1 is 1.53 bits per heavy atom. The van der Waals surface area contributed by atoms with Crippen molar-refractivity contribution in [1.29, 1.82) is 0 Å². The molecule has 0 aromatic carbocycles. The molecule has 2 aromatic rings. The minimum absolute atomic E-state index is 0.346. The third kappa shape index (κ3) is 2.69. The summed E-state index contributed by atoms with van der Waals surface area (Å²) in [6, 6.07) is 6.32. The Balaban J connectivity index is 1.72. The molecule has 3 rings (SSSR count). The summed E-state index contributed by atoms with van der Waals surface area (Å²) in [6.07, 6.45) is 4.04. The lowest BCUT2D eigenvalue weighted by atomic mass is 10.1. The number of aromatic nitrogens is 1. The van der Waals surface area contributed by atoms with Crippen molar-refractivity contribution in [3.05, 3.63) is 39.2 Å². The Kier molecular flexibility index (Phi) is 3.62. The van der Waals surface area contributed by atoms with Crippen molar-refractivity contribution in [2.75, 3.05) is 11.9 Å². The minimum atomic E-state index is 0.346. The van der Waals surface area contributed by atoms with E-state index in [-0.39, 0.29) is 0 Å². The van der Waals surface area contributed by atoms with Gasteiger partial charge in [-0.1, -0.05) is 11.6 Å². The van der Waals surface area contributed by atoms with Crippen LogP contribution in [0.4, 0.5) is 5.69 Å². The van der Waals surface area contributed by atoms with Gasteiger partial charge in [0.05, 0.1) is 28.9 Å². The summed E-state index contributed by atoms with van der Waals surface area (Å²) in [5.41, 5.74) is 2.35. The van der Waals surface area contributed by atoms with E-state index in [1.165, 1.54) is 10.4 Å². The number of nitrogens with one attached hydrogen (secondary N) is 1. The fourth-order valence-electron chi connectivity index (χ4n) is 2.38.